The monoisotopic (exact) mass is 607 g/mol. The van der Waals surface area contributed by atoms with Crippen LogP contribution in [0.25, 0.3) is 16.5 Å². The smallest absolute Gasteiger partial charge is 0.229 e. The van der Waals surface area contributed by atoms with Crippen LogP contribution in [0.15, 0.2) is 133 Å². The van der Waals surface area contributed by atoms with E-state index in [1.165, 1.54) is 0 Å². The fourth-order valence-corrected chi connectivity index (χ4v) is 6.05. The summed E-state index contributed by atoms with van der Waals surface area (Å²) >= 11 is 0. The summed E-state index contributed by atoms with van der Waals surface area (Å²) in [6, 6.07) is 39.7. The van der Waals surface area contributed by atoms with E-state index in [9.17, 15) is 9.90 Å². The Morgan fingerprint density at radius 2 is 1.24 bits per heavy atom. The van der Waals surface area contributed by atoms with Crippen molar-refractivity contribution in [3.8, 4) is 17.2 Å². The molecule has 0 aliphatic heterocycles. The Labute approximate surface area is 267 Å². The molecule has 0 saturated carbocycles. The van der Waals surface area contributed by atoms with Gasteiger partial charge in [-0.2, -0.15) is 0 Å². The molecule has 7 rings (SSSR count). The topological polar surface area (TPSA) is 69.9 Å². The van der Waals surface area contributed by atoms with E-state index < -0.39 is 5.78 Å². The Kier molecular flexibility index (Phi) is 8.00. The summed E-state index contributed by atoms with van der Waals surface area (Å²) in [6.45, 7) is 1.35. The number of ketones is 1. The lowest BCUT2D eigenvalue weighted by Gasteiger charge is -2.21. The number of carbonyl (C=O) groups is 1. The maximum atomic E-state index is 13.8. The summed E-state index contributed by atoms with van der Waals surface area (Å²) in [4.78, 5) is 13.8. The molecule has 1 aromatic heterocycles. The van der Waals surface area contributed by atoms with Crippen LogP contribution in [0.2, 0.25) is 0 Å². The van der Waals surface area contributed by atoms with Crippen molar-refractivity contribution in [2.24, 2.45) is 0 Å². The van der Waals surface area contributed by atoms with Crippen LogP contribution in [0.5, 0.6) is 17.2 Å². The Bertz CT molecular complexity index is 2050. The molecule has 6 nitrogen and oxygen atoms in total. The summed E-state index contributed by atoms with van der Waals surface area (Å²) < 4.78 is 20.3. The van der Waals surface area contributed by atoms with E-state index in [0.717, 1.165) is 38.7 Å². The van der Waals surface area contributed by atoms with Crippen molar-refractivity contribution in [3.63, 3.8) is 0 Å². The Hall–Kier alpha value is -5.75. The minimum Gasteiger partial charge on any atom is -0.504 e. The van der Waals surface area contributed by atoms with Crippen LogP contribution in [0, 0.1) is 0 Å². The van der Waals surface area contributed by atoms with Crippen LogP contribution < -0.4 is 14.2 Å². The van der Waals surface area contributed by atoms with Crippen molar-refractivity contribution in [1.29, 1.82) is 0 Å². The minimum absolute atomic E-state index is 0.273. The van der Waals surface area contributed by atoms with Gasteiger partial charge in [0.05, 0.1) is 12.7 Å². The van der Waals surface area contributed by atoms with Gasteiger partial charge in [0.2, 0.25) is 5.78 Å². The Morgan fingerprint density at radius 1 is 0.652 bits per heavy atom. The van der Waals surface area contributed by atoms with Gasteiger partial charge in [-0.15, -0.1) is 0 Å². The number of methoxy groups -OCH3 is 1. The molecular weight excluding hydrogens is 574 g/mol. The number of hydrogen-bond acceptors (Lipinski definition) is 5. The second-order valence-electron chi connectivity index (χ2n) is 11.4. The molecule has 0 saturated heterocycles. The Balaban J connectivity index is 1.27. The molecule has 1 N–H and O–H groups in total. The number of ether oxygens (including phenoxy) is 3. The molecule has 0 spiro atoms. The highest BCUT2D eigenvalue weighted by molar-refractivity contribution is 6.24. The van der Waals surface area contributed by atoms with Gasteiger partial charge in [0, 0.05) is 41.2 Å². The van der Waals surface area contributed by atoms with Crippen LogP contribution in [-0.2, 0) is 26.2 Å². The maximum absolute atomic E-state index is 13.8. The second kappa shape index (κ2) is 12.7. The number of allylic oxidation sites excluding steroid dienone is 2. The maximum Gasteiger partial charge on any atom is 0.229 e. The number of carbonyl (C=O) groups excluding carboxylic acids is 1. The van der Waals surface area contributed by atoms with E-state index in [4.69, 9.17) is 14.2 Å². The number of rotatable bonds is 11. The average molecular weight is 608 g/mol. The van der Waals surface area contributed by atoms with E-state index in [1.54, 1.807) is 7.11 Å². The number of nitrogens with zero attached hydrogens (tertiary/aromatic N) is 1. The number of aliphatic hydroxyl groups is 1. The van der Waals surface area contributed by atoms with E-state index in [1.807, 2.05) is 115 Å². The van der Waals surface area contributed by atoms with E-state index in [-0.39, 0.29) is 12.2 Å². The van der Waals surface area contributed by atoms with E-state index >= 15 is 0 Å². The SMILES string of the molecule is COc1cc(CC2=C(O)C(=O)c3cn(Cc4ccccc4)c4ccc(OCc5ccccc5)c2c34)ccc1OCc1ccccc1. The van der Waals surface area contributed by atoms with Gasteiger partial charge in [0.25, 0.3) is 0 Å². The quantitative estimate of drug-likeness (QED) is 0.160. The molecule has 46 heavy (non-hydrogen) atoms. The molecule has 0 radical (unpaired) electrons. The number of benzene rings is 5. The summed E-state index contributed by atoms with van der Waals surface area (Å²) in [6.07, 6.45) is 2.14. The number of aliphatic hydroxyl groups excluding tert-OH is 1. The third-order valence-electron chi connectivity index (χ3n) is 8.34. The molecule has 0 atom stereocenters. The first-order chi connectivity index (χ1) is 22.6. The third kappa shape index (κ3) is 5.73. The fourth-order valence-electron chi connectivity index (χ4n) is 6.05. The van der Waals surface area contributed by atoms with Crippen LogP contribution in [0.3, 0.4) is 0 Å². The van der Waals surface area contributed by atoms with Crippen LogP contribution in [0.1, 0.15) is 38.2 Å². The fraction of sp³-hybridized carbons (Fsp3) is 0.125. The molecule has 1 aliphatic carbocycles. The summed E-state index contributed by atoms with van der Waals surface area (Å²) in [7, 11) is 1.60. The third-order valence-corrected chi connectivity index (χ3v) is 8.34. The molecule has 0 amide bonds. The zero-order valence-electron chi connectivity index (χ0n) is 25.5. The second-order valence-corrected chi connectivity index (χ2v) is 11.4. The molecule has 1 aliphatic rings. The molecule has 6 heteroatoms. The molecule has 6 aromatic rings. The van der Waals surface area contributed by atoms with Gasteiger partial charge < -0.3 is 23.9 Å². The molecule has 1 heterocycles. The highest BCUT2D eigenvalue weighted by Crippen LogP contribution is 2.44. The van der Waals surface area contributed by atoms with Gasteiger partial charge in [0.1, 0.15) is 19.0 Å². The minimum atomic E-state index is -0.394. The summed E-state index contributed by atoms with van der Waals surface area (Å²) in [5.41, 5.74) is 6.67. The largest absolute Gasteiger partial charge is 0.504 e. The van der Waals surface area contributed by atoms with Gasteiger partial charge in [0.15, 0.2) is 17.3 Å². The number of Topliss-reactive ketones (excluding diaryl/α,β-unsaturated/α-hetero) is 1. The van der Waals surface area contributed by atoms with E-state index in [2.05, 4.69) is 16.7 Å². The standard InChI is InChI=1S/C40H33NO5/c1-44-36-22-30(17-19-34(36)45-25-28-13-7-3-8-14-28)21-31-38-35(46-26-29-15-9-4-10-16-29)20-18-33-37(38)32(40(43)39(31)42)24-41(33)23-27-11-5-2-6-12-27/h2-20,22,24,42H,21,23,25-26H2,1H3. The van der Waals surface area contributed by atoms with Gasteiger partial charge in [-0.3, -0.25) is 4.79 Å². The van der Waals surface area contributed by atoms with E-state index in [0.29, 0.717) is 48.1 Å². The van der Waals surface area contributed by atoms with Crippen LogP contribution in [0.4, 0.5) is 0 Å². The first-order valence-electron chi connectivity index (χ1n) is 15.3. The highest BCUT2D eigenvalue weighted by atomic mass is 16.5. The normalized spacial score (nSPS) is 12.4. The van der Waals surface area contributed by atoms with Crippen molar-refractivity contribution in [2.75, 3.05) is 7.11 Å². The molecule has 5 aromatic carbocycles. The zero-order valence-corrected chi connectivity index (χ0v) is 25.5. The first kappa shape index (κ1) is 29.0. The average Bonchev–Trinajstić information content (AvgIpc) is 3.47. The lowest BCUT2D eigenvalue weighted by Crippen LogP contribution is -2.13. The lowest BCUT2D eigenvalue weighted by atomic mass is 9.86. The van der Waals surface area contributed by atoms with Crippen molar-refractivity contribution in [1.82, 2.24) is 4.57 Å². The predicted molar refractivity (Wildman–Crippen MR) is 180 cm³/mol. The summed E-state index contributed by atoms with van der Waals surface area (Å²) in [5, 5.41) is 12.3. The Morgan fingerprint density at radius 3 is 1.87 bits per heavy atom. The molecule has 0 bridgehead atoms. The highest BCUT2D eigenvalue weighted by Gasteiger charge is 2.32. The number of hydrogen-bond donors (Lipinski definition) is 1. The molecule has 228 valence electrons. The lowest BCUT2D eigenvalue weighted by molar-refractivity contribution is 0.0979. The zero-order chi connectivity index (χ0) is 31.5. The van der Waals surface area contributed by atoms with Crippen LogP contribution in [-0.4, -0.2) is 22.6 Å². The first-order valence-corrected chi connectivity index (χ1v) is 15.3. The van der Waals surface area contributed by atoms with Crippen molar-refractivity contribution >= 4 is 22.3 Å². The van der Waals surface area contributed by atoms with Crippen LogP contribution >= 0.6 is 0 Å². The van der Waals surface area contributed by atoms with Crippen molar-refractivity contribution in [3.05, 3.63) is 167 Å². The van der Waals surface area contributed by atoms with Crippen molar-refractivity contribution < 1.29 is 24.1 Å². The van der Waals surface area contributed by atoms with Gasteiger partial charge >= 0.3 is 0 Å². The molecule has 0 unspecified atom stereocenters. The van der Waals surface area contributed by atoms with Gasteiger partial charge in [-0.25, -0.2) is 0 Å². The molecule has 0 fully saturated rings. The van der Waals surface area contributed by atoms with Gasteiger partial charge in [-0.1, -0.05) is 97.1 Å². The molecular formula is C40H33NO5. The van der Waals surface area contributed by atoms with Crippen molar-refractivity contribution in [2.45, 2.75) is 26.2 Å². The summed E-state index contributed by atoms with van der Waals surface area (Å²) in [5.74, 6) is 1.13. The van der Waals surface area contributed by atoms with Gasteiger partial charge in [-0.05, 0) is 46.5 Å². The predicted octanol–water partition coefficient (Wildman–Crippen LogP) is 8.56. The number of aromatic nitrogens is 1.